The summed E-state index contributed by atoms with van der Waals surface area (Å²) in [6.45, 7) is 3.58. The number of carbonyl (C=O) groups is 1. The summed E-state index contributed by atoms with van der Waals surface area (Å²) in [6, 6.07) is 8.91. The Labute approximate surface area is 171 Å². The molecule has 1 unspecified atom stereocenters. The van der Waals surface area contributed by atoms with Crippen molar-refractivity contribution >= 4 is 22.4 Å². The van der Waals surface area contributed by atoms with Gasteiger partial charge in [-0.25, -0.2) is 4.98 Å². The lowest BCUT2D eigenvalue weighted by molar-refractivity contribution is -0.131. The van der Waals surface area contributed by atoms with Crippen LogP contribution < -0.4 is 5.32 Å². The SMILES string of the molecule is CN1CCCC(c2cccc(CC3(C(=O)Nc4nccs4)CCOCC3)c2)C1. The number of amides is 1. The van der Waals surface area contributed by atoms with Gasteiger partial charge in [0.15, 0.2) is 5.13 Å². The number of nitrogens with zero attached hydrogens (tertiary/aromatic N) is 2. The van der Waals surface area contributed by atoms with E-state index >= 15 is 0 Å². The number of likely N-dealkylation sites (N-methyl/N-ethyl adjacent to an activating group) is 1. The standard InChI is InChI=1S/C22H29N3O2S/c1-25-10-3-6-19(16-25)18-5-2-4-17(14-18)15-22(7-11-27-12-8-22)20(26)24-21-23-9-13-28-21/h2,4-5,9,13-14,19H,3,6-8,10-12,15-16H2,1H3,(H,23,24,26). The number of anilines is 1. The number of likely N-dealkylation sites (tertiary alicyclic amines) is 1. The average Bonchev–Trinajstić information content (AvgIpc) is 3.22. The molecule has 2 aliphatic heterocycles. The van der Waals surface area contributed by atoms with Crippen molar-refractivity contribution in [3.8, 4) is 0 Å². The molecule has 0 spiro atoms. The second-order valence-corrected chi connectivity index (χ2v) is 9.10. The number of hydrogen-bond donors (Lipinski definition) is 1. The maximum Gasteiger partial charge on any atom is 0.232 e. The smallest absolute Gasteiger partial charge is 0.232 e. The highest BCUT2D eigenvalue weighted by Crippen LogP contribution is 2.37. The lowest BCUT2D eigenvalue weighted by Crippen LogP contribution is -2.42. The van der Waals surface area contributed by atoms with E-state index < -0.39 is 5.41 Å². The van der Waals surface area contributed by atoms with Crippen LogP contribution >= 0.6 is 11.3 Å². The van der Waals surface area contributed by atoms with Gasteiger partial charge in [-0.3, -0.25) is 4.79 Å². The largest absolute Gasteiger partial charge is 0.381 e. The molecule has 6 heteroatoms. The molecule has 1 atom stereocenters. The fraction of sp³-hybridized carbons (Fsp3) is 0.545. The molecule has 0 radical (unpaired) electrons. The van der Waals surface area contributed by atoms with E-state index in [-0.39, 0.29) is 5.91 Å². The third kappa shape index (κ3) is 4.45. The number of thiazole rings is 1. The number of rotatable bonds is 5. The molecule has 5 nitrogen and oxygen atoms in total. The Morgan fingerprint density at radius 2 is 2.25 bits per heavy atom. The molecule has 1 amide bonds. The third-order valence-corrected chi connectivity index (χ3v) is 6.86. The Hall–Kier alpha value is -1.76. The van der Waals surface area contributed by atoms with Crippen LogP contribution in [0.2, 0.25) is 0 Å². The molecule has 1 aromatic heterocycles. The van der Waals surface area contributed by atoms with Crippen LogP contribution in [0, 0.1) is 5.41 Å². The van der Waals surface area contributed by atoms with Crippen molar-refractivity contribution in [2.45, 2.75) is 38.0 Å². The number of hydrogen-bond acceptors (Lipinski definition) is 5. The quantitative estimate of drug-likeness (QED) is 0.828. The van der Waals surface area contributed by atoms with Crippen molar-refractivity contribution < 1.29 is 9.53 Å². The molecular weight excluding hydrogens is 370 g/mol. The van der Waals surface area contributed by atoms with Gasteiger partial charge in [0.05, 0.1) is 5.41 Å². The Morgan fingerprint density at radius 3 is 3.00 bits per heavy atom. The first-order chi connectivity index (χ1) is 13.6. The topological polar surface area (TPSA) is 54.5 Å². The van der Waals surface area contributed by atoms with Crippen molar-refractivity contribution in [3.63, 3.8) is 0 Å². The zero-order chi connectivity index (χ0) is 19.4. The van der Waals surface area contributed by atoms with Gasteiger partial charge in [0.1, 0.15) is 0 Å². The van der Waals surface area contributed by atoms with E-state index in [1.807, 2.05) is 5.38 Å². The molecule has 2 aromatic rings. The van der Waals surface area contributed by atoms with E-state index in [4.69, 9.17) is 4.74 Å². The second-order valence-electron chi connectivity index (χ2n) is 8.21. The molecule has 1 aromatic carbocycles. The minimum Gasteiger partial charge on any atom is -0.381 e. The van der Waals surface area contributed by atoms with Crippen molar-refractivity contribution in [2.75, 3.05) is 38.7 Å². The molecule has 0 bridgehead atoms. The van der Waals surface area contributed by atoms with Crippen molar-refractivity contribution in [3.05, 3.63) is 47.0 Å². The summed E-state index contributed by atoms with van der Waals surface area (Å²) in [6.07, 6.45) is 6.48. The summed E-state index contributed by atoms with van der Waals surface area (Å²) in [5.41, 5.74) is 2.24. The van der Waals surface area contributed by atoms with E-state index in [9.17, 15) is 4.79 Å². The monoisotopic (exact) mass is 399 g/mol. The van der Waals surface area contributed by atoms with Gasteiger partial charge in [0.2, 0.25) is 5.91 Å². The van der Waals surface area contributed by atoms with Crippen LogP contribution in [0.5, 0.6) is 0 Å². The van der Waals surface area contributed by atoms with E-state index in [0.29, 0.717) is 24.3 Å². The van der Waals surface area contributed by atoms with Crippen LogP contribution in [-0.2, 0) is 16.0 Å². The Morgan fingerprint density at radius 1 is 1.39 bits per heavy atom. The van der Waals surface area contributed by atoms with E-state index in [0.717, 1.165) is 25.8 Å². The van der Waals surface area contributed by atoms with Crippen molar-refractivity contribution in [1.82, 2.24) is 9.88 Å². The molecule has 2 fully saturated rings. The van der Waals surface area contributed by atoms with Gasteiger partial charge in [0, 0.05) is 31.3 Å². The highest BCUT2D eigenvalue weighted by atomic mass is 32.1. The van der Waals surface area contributed by atoms with Gasteiger partial charge in [-0.05, 0) is 62.7 Å². The van der Waals surface area contributed by atoms with Crippen LogP contribution in [0.1, 0.15) is 42.7 Å². The molecule has 150 valence electrons. The van der Waals surface area contributed by atoms with Crippen LogP contribution in [-0.4, -0.2) is 49.1 Å². The highest BCUT2D eigenvalue weighted by molar-refractivity contribution is 7.13. The van der Waals surface area contributed by atoms with Gasteiger partial charge < -0.3 is 15.0 Å². The predicted molar refractivity (Wildman–Crippen MR) is 113 cm³/mol. The average molecular weight is 400 g/mol. The normalized spacial score (nSPS) is 22.7. The van der Waals surface area contributed by atoms with E-state index in [2.05, 4.69) is 46.5 Å². The number of benzene rings is 1. The van der Waals surface area contributed by atoms with Crippen molar-refractivity contribution in [1.29, 1.82) is 0 Å². The van der Waals surface area contributed by atoms with Gasteiger partial charge >= 0.3 is 0 Å². The summed E-state index contributed by atoms with van der Waals surface area (Å²) < 4.78 is 5.58. The Bertz CT molecular complexity index is 787. The Kier molecular flexibility index (Phi) is 6.09. The number of carbonyl (C=O) groups excluding carboxylic acids is 1. The minimum atomic E-state index is -0.425. The zero-order valence-electron chi connectivity index (χ0n) is 16.5. The number of ether oxygens (including phenoxy) is 1. The lowest BCUT2D eigenvalue weighted by Gasteiger charge is -2.36. The molecular formula is C22H29N3O2S. The number of aromatic nitrogens is 1. The Balaban J connectivity index is 1.53. The van der Waals surface area contributed by atoms with Crippen molar-refractivity contribution in [2.24, 2.45) is 5.41 Å². The molecule has 3 heterocycles. The maximum atomic E-state index is 13.2. The van der Waals surface area contributed by atoms with Crippen LogP contribution in [0.3, 0.4) is 0 Å². The van der Waals surface area contributed by atoms with Gasteiger partial charge in [0.25, 0.3) is 0 Å². The van der Waals surface area contributed by atoms with Gasteiger partial charge in [-0.15, -0.1) is 11.3 Å². The molecule has 2 saturated heterocycles. The fourth-order valence-electron chi connectivity index (χ4n) is 4.55. The van der Waals surface area contributed by atoms with E-state index in [1.165, 1.54) is 41.9 Å². The molecule has 0 saturated carbocycles. The second kappa shape index (κ2) is 8.72. The number of piperidine rings is 1. The summed E-state index contributed by atoms with van der Waals surface area (Å²) in [7, 11) is 2.20. The fourth-order valence-corrected chi connectivity index (χ4v) is 5.07. The lowest BCUT2D eigenvalue weighted by atomic mass is 9.74. The summed E-state index contributed by atoms with van der Waals surface area (Å²) in [5, 5.41) is 5.60. The first kappa shape index (κ1) is 19.6. The van der Waals surface area contributed by atoms with E-state index in [1.54, 1.807) is 6.20 Å². The van der Waals surface area contributed by atoms with Gasteiger partial charge in [-0.2, -0.15) is 0 Å². The molecule has 28 heavy (non-hydrogen) atoms. The summed E-state index contributed by atoms with van der Waals surface area (Å²) in [5.74, 6) is 0.669. The zero-order valence-corrected chi connectivity index (χ0v) is 17.3. The summed E-state index contributed by atoms with van der Waals surface area (Å²) in [4.78, 5) is 19.9. The number of nitrogens with one attached hydrogen (secondary N) is 1. The first-order valence-electron chi connectivity index (χ1n) is 10.2. The minimum absolute atomic E-state index is 0.0774. The predicted octanol–water partition coefficient (Wildman–Crippen LogP) is 3.93. The van der Waals surface area contributed by atoms with Crippen LogP contribution in [0.15, 0.2) is 35.8 Å². The first-order valence-corrected chi connectivity index (χ1v) is 11.1. The maximum absolute atomic E-state index is 13.2. The molecule has 0 aliphatic carbocycles. The molecule has 4 rings (SSSR count). The molecule has 1 N–H and O–H groups in total. The summed E-state index contributed by atoms with van der Waals surface area (Å²) >= 11 is 1.46. The highest BCUT2D eigenvalue weighted by Gasteiger charge is 2.40. The van der Waals surface area contributed by atoms with Crippen LogP contribution in [0.4, 0.5) is 5.13 Å². The van der Waals surface area contributed by atoms with Gasteiger partial charge in [-0.1, -0.05) is 24.3 Å². The van der Waals surface area contributed by atoms with Crippen LogP contribution in [0.25, 0.3) is 0 Å². The molecule has 2 aliphatic rings. The third-order valence-electron chi connectivity index (χ3n) is 6.17.